The van der Waals surface area contributed by atoms with Gasteiger partial charge in [-0.3, -0.25) is 9.78 Å². The summed E-state index contributed by atoms with van der Waals surface area (Å²) in [5, 5.41) is 24.0. The molecule has 0 fully saturated rings. The molecule has 8 heteroatoms. The number of phenols is 2. The summed E-state index contributed by atoms with van der Waals surface area (Å²) in [5.41, 5.74) is 4.72. The zero-order valence-electron chi connectivity index (χ0n) is 17.7. The van der Waals surface area contributed by atoms with Crippen LogP contribution in [0.5, 0.6) is 23.0 Å². The van der Waals surface area contributed by atoms with Crippen molar-refractivity contribution in [2.24, 2.45) is 5.10 Å². The zero-order chi connectivity index (χ0) is 23.2. The van der Waals surface area contributed by atoms with E-state index >= 15 is 0 Å². The van der Waals surface area contributed by atoms with Crippen molar-refractivity contribution >= 4 is 23.0 Å². The van der Waals surface area contributed by atoms with Gasteiger partial charge in [0.05, 0.1) is 13.3 Å². The monoisotopic (exact) mass is 443 g/mol. The van der Waals surface area contributed by atoms with Crippen LogP contribution in [0.25, 0.3) is 10.9 Å². The second kappa shape index (κ2) is 9.69. The summed E-state index contributed by atoms with van der Waals surface area (Å²) >= 11 is 0. The lowest BCUT2D eigenvalue weighted by Gasteiger charge is -2.12. The van der Waals surface area contributed by atoms with Gasteiger partial charge in [-0.1, -0.05) is 18.2 Å². The zero-order valence-corrected chi connectivity index (χ0v) is 17.7. The smallest absolute Gasteiger partial charge is 0.271 e. The van der Waals surface area contributed by atoms with Crippen molar-refractivity contribution in [3.63, 3.8) is 0 Å². The molecule has 0 bridgehead atoms. The molecule has 0 radical (unpaired) electrons. The molecule has 4 aromatic rings. The van der Waals surface area contributed by atoms with Gasteiger partial charge in [-0.25, -0.2) is 5.43 Å². The molecule has 0 saturated carbocycles. The van der Waals surface area contributed by atoms with E-state index in [1.165, 1.54) is 18.3 Å². The summed E-state index contributed by atoms with van der Waals surface area (Å²) in [6, 6.07) is 18.6. The van der Waals surface area contributed by atoms with Gasteiger partial charge in [0.2, 0.25) is 0 Å². The van der Waals surface area contributed by atoms with Crippen LogP contribution in [-0.2, 0) is 6.61 Å². The van der Waals surface area contributed by atoms with Crippen molar-refractivity contribution in [3.8, 4) is 23.0 Å². The summed E-state index contributed by atoms with van der Waals surface area (Å²) in [6.45, 7) is 0.246. The average molecular weight is 443 g/mol. The van der Waals surface area contributed by atoms with Gasteiger partial charge >= 0.3 is 0 Å². The maximum Gasteiger partial charge on any atom is 0.271 e. The van der Waals surface area contributed by atoms with E-state index in [2.05, 4.69) is 15.5 Å². The molecule has 8 nitrogen and oxygen atoms in total. The molecule has 1 amide bonds. The first-order valence-corrected chi connectivity index (χ1v) is 10.0. The molecule has 0 unspecified atom stereocenters. The molecular formula is C25H21N3O5. The lowest BCUT2D eigenvalue weighted by molar-refractivity contribution is 0.0954. The molecule has 0 atom stereocenters. The first-order chi connectivity index (χ1) is 16.0. The lowest BCUT2D eigenvalue weighted by Crippen LogP contribution is -2.17. The number of para-hydroxylation sites is 1. The highest BCUT2D eigenvalue weighted by molar-refractivity contribution is 5.95. The topological polar surface area (TPSA) is 113 Å². The third-order valence-corrected chi connectivity index (χ3v) is 4.83. The number of fused-ring (bicyclic) bond motifs is 1. The van der Waals surface area contributed by atoms with Crippen molar-refractivity contribution in [2.75, 3.05) is 7.11 Å². The van der Waals surface area contributed by atoms with Gasteiger partial charge in [0.25, 0.3) is 5.91 Å². The normalized spacial score (nSPS) is 10.9. The van der Waals surface area contributed by atoms with E-state index < -0.39 is 5.91 Å². The van der Waals surface area contributed by atoms with Crippen molar-refractivity contribution in [1.29, 1.82) is 0 Å². The minimum Gasteiger partial charge on any atom is -0.508 e. The quantitative estimate of drug-likeness (QED) is 0.294. The summed E-state index contributed by atoms with van der Waals surface area (Å²) in [6.07, 6.45) is 3.20. The van der Waals surface area contributed by atoms with E-state index in [1.807, 2.05) is 36.4 Å². The Labute approximate surface area is 189 Å². The first-order valence-electron chi connectivity index (χ1n) is 10.0. The highest BCUT2D eigenvalue weighted by Crippen LogP contribution is 2.26. The Bertz CT molecular complexity index is 1310. The van der Waals surface area contributed by atoms with Crippen LogP contribution in [0.15, 0.2) is 78.0 Å². The lowest BCUT2D eigenvalue weighted by atomic mass is 10.1. The molecule has 0 aliphatic heterocycles. The number of nitrogens with one attached hydrogen (secondary N) is 1. The third-order valence-electron chi connectivity index (χ3n) is 4.83. The Morgan fingerprint density at radius 2 is 1.82 bits per heavy atom. The number of hydrogen-bond donors (Lipinski definition) is 3. The molecule has 0 spiro atoms. The molecule has 4 rings (SSSR count). The number of carbonyl (C=O) groups excluding carboxylic acids is 1. The minimum absolute atomic E-state index is 0.0807. The molecule has 0 aliphatic carbocycles. The second-order valence-corrected chi connectivity index (χ2v) is 7.13. The number of nitrogens with zero attached hydrogens (tertiary/aromatic N) is 2. The fourth-order valence-electron chi connectivity index (χ4n) is 3.30. The molecule has 33 heavy (non-hydrogen) atoms. The Balaban J connectivity index is 1.47. The number of pyridine rings is 1. The van der Waals surface area contributed by atoms with Crippen LogP contribution < -0.4 is 14.9 Å². The van der Waals surface area contributed by atoms with Crippen LogP contribution in [0.4, 0.5) is 0 Å². The highest BCUT2D eigenvalue weighted by atomic mass is 16.5. The summed E-state index contributed by atoms with van der Waals surface area (Å²) in [4.78, 5) is 16.6. The number of rotatable bonds is 7. The molecule has 0 saturated heterocycles. The number of hydrogen-bond acceptors (Lipinski definition) is 7. The number of phenolic OH excluding ortho intramolecular Hbond substituents is 2. The van der Waals surface area contributed by atoms with Gasteiger partial charge in [-0.2, -0.15) is 5.10 Å². The van der Waals surface area contributed by atoms with Crippen LogP contribution in [0, 0.1) is 0 Å². The van der Waals surface area contributed by atoms with Crippen LogP contribution in [0.3, 0.4) is 0 Å². The minimum atomic E-state index is -0.571. The number of amides is 1. The van der Waals surface area contributed by atoms with E-state index in [-0.39, 0.29) is 23.7 Å². The van der Waals surface area contributed by atoms with Gasteiger partial charge in [0, 0.05) is 28.8 Å². The van der Waals surface area contributed by atoms with Gasteiger partial charge in [0.1, 0.15) is 35.1 Å². The standard InChI is InChI=1S/C25H21N3O5/c1-32-22-8-7-16(14-27-28-25(31)18-11-20(29)13-21(30)12-18)10-19(22)15-33-23-6-2-4-17-5-3-9-26-24(17)23/h2-14,29-30H,15H2,1H3,(H,28,31)/b27-14+. The fraction of sp³-hybridized carbons (Fsp3) is 0.0800. The molecule has 3 aromatic carbocycles. The maximum absolute atomic E-state index is 12.2. The van der Waals surface area contributed by atoms with Crippen LogP contribution in [-0.4, -0.2) is 34.4 Å². The largest absolute Gasteiger partial charge is 0.508 e. The van der Waals surface area contributed by atoms with Crippen LogP contribution in [0.1, 0.15) is 21.5 Å². The number of hydrazone groups is 1. The SMILES string of the molecule is COc1ccc(/C=N/NC(=O)c2cc(O)cc(O)c2)cc1COc1cccc2cccnc12. The van der Waals surface area contributed by atoms with Crippen molar-refractivity contribution in [3.05, 3.63) is 89.6 Å². The van der Waals surface area contributed by atoms with Crippen LogP contribution >= 0.6 is 0 Å². The number of carbonyl (C=O) groups is 1. The predicted octanol–water partition coefficient (Wildman–Crippen LogP) is 4.00. The number of methoxy groups -OCH3 is 1. The van der Waals surface area contributed by atoms with Gasteiger partial charge in [-0.15, -0.1) is 0 Å². The van der Waals surface area contributed by atoms with E-state index in [9.17, 15) is 15.0 Å². The molecule has 1 aromatic heterocycles. The van der Waals surface area contributed by atoms with Gasteiger partial charge in [-0.05, 0) is 48.0 Å². The van der Waals surface area contributed by atoms with Crippen molar-refractivity contribution in [2.45, 2.75) is 6.61 Å². The average Bonchev–Trinajstić information content (AvgIpc) is 2.82. The maximum atomic E-state index is 12.2. The van der Waals surface area contributed by atoms with Crippen molar-refractivity contribution in [1.82, 2.24) is 10.4 Å². The Morgan fingerprint density at radius 3 is 2.61 bits per heavy atom. The van der Waals surface area contributed by atoms with Crippen LogP contribution in [0.2, 0.25) is 0 Å². The van der Waals surface area contributed by atoms with Crippen molar-refractivity contribution < 1.29 is 24.5 Å². The van der Waals surface area contributed by atoms with E-state index in [4.69, 9.17) is 9.47 Å². The van der Waals surface area contributed by atoms with E-state index in [1.54, 1.807) is 25.4 Å². The Morgan fingerprint density at radius 1 is 1.03 bits per heavy atom. The number of benzene rings is 3. The van der Waals surface area contributed by atoms with E-state index in [0.29, 0.717) is 17.1 Å². The second-order valence-electron chi connectivity index (χ2n) is 7.13. The molecule has 1 heterocycles. The molecule has 166 valence electrons. The number of aromatic hydroxyl groups is 2. The highest BCUT2D eigenvalue weighted by Gasteiger charge is 2.09. The van der Waals surface area contributed by atoms with E-state index in [0.717, 1.165) is 22.5 Å². The number of aromatic nitrogens is 1. The first kappa shape index (κ1) is 21.6. The van der Waals surface area contributed by atoms with Gasteiger partial charge in [0.15, 0.2) is 0 Å². The number of ether oxygens (including phenoxy) is 2. The predicted molar refractivity (Wildman–Crippen MR) is 124 cm³/mol. The summed E-state index contributed by atoms with van der Waals surface area (Å²) < 4.78 is 11.5. The third kappa shape index (κ3) is 5.19. The Kier molecular flexibility index (Phi) is 6.36. The fourth-order valence-corrected chi connectivity index (χ4v) is 3.30. The molecule has 0 aliphatic rings. The summed E-state index contributed by atoms with van der Waals surface area (Å²) in [7, 11) is 1.58. The Hall–Kier alpha value is -4.59. The summed E-state index contributed by atoms with van der Waals surface area (Å²) in [5.74, 6) is 0.309. The molecular weight excluding hydrogens is 422 g/mol. The van der Waals surface area contributed by atoms with Gasteiger partial charge < -0.3 is 19.7 Å². The molecule has 3 N–H and O–H groups in total.